The number of carbonyl (C=O) groups is 3. The number of anilines is 1. The second kappa shape index (κ2) is 10.2. The molecule has 0 bridgehead atoms. The monoisotopic (exact) mass is 524 g/mol. The number of amides is 3. The number of halogens is 2. The highest BCUT2D eigenvalue weighted by atomic mass is 79.9. The summed E-state index contributed by atoms with van der Waals surface area (Å²) in [5.74, 6) is 0.0557. The number of nitrogens with one attached hydrogen (secondary N) is 1. The van der Waals surface area contributed by atoms with Crippen LogP contribution in [-0.4, -0.2) is 42.2 Å². The highest BCUT2D eigenvalue weighted by Gasteiger charge is 2.36. The van der Waals surface area contributed by atoms with Crippen LogP contribution in [0.2, 0.25) is 5.02 Å². The van der Waals surface area contributed by atoms with E-state index in [4.69, 9.17) is 21.1 Å². The molecule has 162 valence electrons. The second-order valence-electron chi connectivity index (χ2n) is 6.29. The molecule has 1 N–H and O–H groups in total. The van der Waals surface area contributed by atoms with Crippen molar-refractivity contribution in [1.29, 1.82) is 0 Å². The lowest BCUT2D eigenvalue weighted by molar-refractivity contribution is -0.127. The molecule has 0 unspecified atom stereocenters. The van der Waals surface area contributed by atoms with Crippen LogP contribution in [0.4, 0.5) is 10.5 Å². The van der Waals surface area contributed by atoms with Gasteiger partial charge in [-0.25, -0.2) is 0 Å². The lowest BCUT2D eigenvalue weighted by Gasteiger charge is -2.13. The summed E-state index contributed by atoms with van der Waals surface area (Å²) in [5.41, 5.74) is 1.13. The van der Waals surface area contributed by atoms with Gasteiger partial charge in [0.05, 0.1) is 23.6 Å². The molecular formula is C21H18BrClN2O5S. The molecular weight excluding hydrogens is 508 g/mol. The molecule has 1 aliphatic rings. The molecule has 31 heavy (non-hydrogen) atoms. The predicted octanol–water partition coefficient (Wildman–Crippen LogP) is 5.18. The number of ether oxygens (including phenoxy) is 2. The topological polar surface area (TPSA) is 84.9 Å². The maximum absolute atomic E-state index is 12.7. The van der Waals surface area contributed by atoms with E-state index in [2.05, 4.69) is 21.2 Å². The van der Waals surface area contributed by atoms with Gasteiger partial charge >= 0.3 is 0 Å². The maximum atomic E-state index is 12.7. The molecule has 1 heterocycles. The van der Waals surface area contributed by atoms with Crippen molar-refractivity contribution in [2.75, 3.05) is 25.6 Å². The Balaban J connectivity index is 1.72. The van der Waals surface area contributed by atoms with Crippen LogP contribution in [0.3, 0.4) is 0 Å². The van der Waals surface area contributed by atoms with Gasteiger partial charge in [-0.1, -0.05) is 17.7 Å². The molecule has 1 aliphatic heterocycles. The average Bonchev–Trinajstić information content (AvgIpc) is 2.98. The van der Waals surface area contributed by atoms with E-state index in [-0.39, 0.29) is 4.91 Å². The normalized spacial score (nSPS) is 14.8. The minimum absolute atomic E-state index is 0.220. The Bertz CT molecular complexity index is 1080. The summed E-state index contributed by atoms with van der Waals surface area (Å²) in [5, 5.41) is 2.54. The van der Waals surface area contributed by atoms with E-state index >= 15 is 0 Å². The average molecular weight is 526 g/mol. The van der Waals surface area contributed by atoms with E-state index in [0.29, 0.717) is 38.9 Å². The van der Waals surface area contributed by atoms with Gasteiger partial charge in [0, 0.05) is 10.2 Å². The Morgan fingerprint density at radius 3 is 2.68 bits per heavy atom. The van der Waals surface area contributed by atoms with Gasteiger partial charge in [-0.05, 0) is 76.6 Å². The molecule has 0 radical (unpaired) electrons. The largest absolute Gasteiger partial charge is 0.493 e. The van der Waals surface area contributed by atoms with Crippen molar-refractivity contribution in [2.45, 2.75) is 6.92 Å². The fourth-order valence-corrected chi connectivity index (χ4v) is 4.02. The molecule has 2 aromatic carbocycles. The van der Waals surface area contributed by atoms with Gasteiger partial charge in [0.15, 0.2) is 11.5 Å². The zero-order valence-corrected chi connectivity index (χ0v) is 19.8. The lowest BCUT2D eigenvalue weighted by atomic mass is 10.2. The van der Waals surface area contributed by atoms with Crippen LogP contribution in [0, 0.1) is 0 Å². The number of benzene rings is 2. The van der Waals surface area contributed by atoms with Gasteiger partial charge in [-0.3, -0.25) is 19.3 Å². The van der Waals surface area contributed by atoms with Crippen LogP contribution in [0.15, 0.2) is 45.8 Å². The van der Waals surface area contributed by atoms with E-state index in [1.165, 1.54) is 7.11 Å². The molecule has 0 atom stereocenters. The minimum atomic E-state index is -0.534. The van der Waals surface area contributed by atoms with Crippen LogP contribution in [0.25, 0.3) is 6.08 Å². The lowest BCUT2D eigenvalue weighted by Crippen LogP contribution is -2.36. The first-order valence-corrected chi connectivity index (χ1v) is 11.1. The quantitative estimate of drug-likeness (QED) is 0.501. The van der Waals surface area contributed by atoms with Gasteiger partial charge in [-0.2, -0.15) is 0 Å². The Morgan fingerprint density at radius 1 is 1.23 bits per heavy atom. The summed E-state index contributed by atoms with van der Waals surface area (Å²) in [6.07, 6.45) is 1.58. The van der Waals surface area contributed by atoms with Crippen LogP contribution < -0.4 is 14.8 Å². The van der Waals surface area contributed by atoms with E-state index < -0.39 is 23.6 Å². The molecule has 0 aromatic heterocycles. The van der Waals surface area contributed by atoms with Crippen LogP contribution >= 0.6 is 39.3 Å². The van der Waals surface area contributed by atoms with Gasteiger partial charge in [0.1, 0.15) is 6.54 Å². The fraction of sp³-hybridized carbons (Fsp3) is 0.190. The van der Waals surface area contributed by atoms with Crippen molar-refractivity contribution < 1.29 is 23.9 Å². The Hall–Kier alpha value is -2.49. The third-order valence-electron chi connectivity index (χ3n) is 4.16. The molecule has 3 amide bonds. The van der Waals surface area contributed by atoms with Crippen LogP contribution in [0.1, 0.15) is 12.5 Å². The van der Waals surface area contributed by atoms with Gasteiger partial charge in [0.25, 0.3) is 11.1 Å². The van der Waals surface area contributed by atoms with E-state index in [1.807, 2.05) is 6.92 Å². The molecule has 2 aromatic rings. The zero-order valence-electron chi connectivity index (χ0n) is 16.6. The van der Waals surface area contributed by atoms with Crippen molar-refractivity contribution in [3.05, 3.63) is 56.4 Å². The number of methoxy groups -OCH3 is 1. The van der Waals surface area contributed by atoms with Crippen molar-refractivity contribution in [1.82, 2.24) is 4.90 Å². The third kappa shape index (κ3) is 5.61. The summed E-state index contributed by atoms with van der Waals surface area (Å²) in [4.78, 5) is 38.5. The summed E-state index contributed by atoms with van der Waals surface area (Å²) in [7, 11) is 1.54. The third-order valence-corrected chi connectivity index (χ3v) is 6.30. The highest BCUT2D eigenvalue weighted by molar-refractivity contribution is 9.10. The number of hydrogen-bond donors (Lipinski definition) is 1. The molecule has 1 fully saturated rings. The number of thioether (sulfide) groups is 1. The van der Waals surface area contributed by atoms with E-state index in [9.17, 15) is 14.4 Å². The molecule has 0 aliphatic carbocycles. The number of imide groups is 1. The number of hydrogen-bond acceptors (Lipinski definition) is 6. The number of rotatable bonds is 7. The summed E-state index contributed by atoms with van der Waals surface area (Å²) < 4.78 is 11.5. The molecule has 7 nitrogen and oxygen atoms in total. The predicted molar refractivity (Wildman–Crippen MR) is 125 cm³/mol. The first-order chi connectivity index (χ1) is 14.8. The standard InChI is InChI=1S/C21H18BrClN2O5S/c1-3-30-17-8-12(4-7-16(17)29-2)9-18-20(27)25(21(28)31-18)11-19(26)24-13-5-6-14(22)15(23)10-13/h4-10H,3,11H2,1-2H3,(H,24,26)/b18-9+. The Labute approximate surface area is 196 Å². The number of carbonyl (C=O) groups excluding carboxylic acids is 3. The highest BCUT2D eigenvalue weighted by Crippen LogP contribution is 2.34. The Morgan fingerprint density at radius 2 is 2.00 bits per heavy atom. The Kier molecular flexibility index (Phi) is 7.64. The molecule has 1 saturated heterocycles. The smallest absolute Gasteiger partial charge is 0.294 e. The van der Waals surface area contributed by atoms with Gasteiger partial charge in [-0.15, -0.1) is 0 Å². The van der Waals surface area contributed by atoms with Crippen LogP contribution in [0.5, 0.6) is 11.5 Å². The van der Waals surface area contributed by atoms with Crippen molar-refractivity contribution in [3.8, 4) is 11.5 Å². The summed E-state index contributed by atoms with van der Waals surface area (Å²) >= 11 is 10.1. The van der Waals surface area contributed by atoms with Gasteiger partial charge in [0.2, 0.25) is 5.91 Å². The molecule has 3 rings (SSSR count). The van der Waals surface area contributed by atoms with Crippen molar-refractivity contribution in [2.24, 2.45) is 0 Å². The number of nitrogens with zero attached hydrogens (tertiary/aromatic N) is 1. The van der Waals surface area contributed by atoms with Crippen molar-refractivity contribution >= 4 is 68.1 Å². The van der Waals surface area contributed by atoms with E-state index in [1.54, 1.807) is 42.5 Å². The zero-order chi connectivity index (χ0) is 22.5. The SMILES string of the molecule is CCOc1cc(/C=C2/SC(=O)N(CC(=O)Nc3ccc(Br)c(Cl)c3)C2=O)ccc1OC. The molecule has 0 saturated carbocycles. The summed E-state index contributed by atoms with van der Waals surface area (Å²) in [6, 6.07) is 10.1. The fourth-order valence-electron chi connectivity index (χ4n) is 2.76. The second-order valence-corrected chi connectivity index (χ2v) is 8.54. The summed E-state index contributed by atoms with van der Waals surface area (Å²) in [6.45, 7) is 1.91. The first-order valence-electron chi connectivity index (χ1n) is 9.13. The van der Waals surface area contributed by atoms with E-state index in [0.717, 1.165) is 16.7 Å². The molecule has 0 spiro atoms. The van der Waals surface area contributed by atoms with Crippen molar-refractivity contribution in [3.63, 3.8) is 0 Å². The maximum Gasteiger partial charge on any atom is 0.294 e. The minimum Gasteiger partial charge on any atom is -0.493 e. The molecule has 10 heteroatoms. The van der Waals surface area contributed by atoms with Crippen LogP contribution in [-0.2, 0) is 9.59 Å². The first kappa shape index (κ1) is 23.2. The van der Waals surface area contributed by atoms with Gasteiger partial charge < -0.3 is 14.8 Å².